The van der Waals surface area contributed by atoms with Crippen LogP contribution in [-0.2, 0) is 9.53 Å². The smallest absolute Gasteiger partial charge is 0.225 e. The molecule has 0 aromatic carbocycles. The Balaban J connectivity index is 1.33. The van der Waals surface area contributed by atoms with Gasteiger partial charge in [0.2, 0.25) is 5.91 Å². The SMILES string of the molecule is CN=C(NCCN1CCN(C(=O)C2CCC2)CC1)NCC(C(C)C)N1CCOCC1. The summed E-state index contributed by atoms with van der Waals surface area (Å²) in [6.45, 7) is 14.7. The highest BCUT2D eigenvalue weighted by atomic mass is 16.5. The van der Waals surface area contributed by atoms with Crippen molar-refractivity contribution >= 4 is 11.9 Å². The first kappa shape index (κ1) is 23.3. The Labute approximate surface area is 182 Å². The second-order valence-corrected chi connectivity index (χ2v) is 9.13. The van der Waals surface area contributed by atoms with Crippen LogP contribution in [0.1, 0.15) is 33.1 Å². The van der Waals surface area contributed by atoms with Gasteiger partial charge in [-0.15, -0.1) is 0 Å². The number of rotatable bonds is 8. The standard InChI is InChI=1S/C22H42N6O2/c1-18(2)20(27-13-15-30-16-14-27)17-25-22(23-3)24-7-8-26-9-11-28(12-10-26)21(29)19-5-4-6-19/h18-20H,4-17H2,1-3H3,(H2,23,24,25). The zero-order valence-corrected chi connectivity index (χ0v) is 19.2. The molecule has 1 aliphatic carbocycles. The Morgan fingerprint density at radius 2 is 1.77 bits per heavy atom. The Morgan fingerprint density at radius 3 is 2.33 bits per heavy atom. The monoisotopic (exact) mass is 422 g/mol. The van der Waals surface area contributed by atoms with E-state index in [-0.39, 0.29) is 0 Å². The second kappa shape index (κ2) is 11.9. The molecule has 1 saturated carbocycles. The van der Waals surface area contributed by atoms with E-state index in [1.807, 2.05) is 7.05 Å². The predicted molar refractivity (Wildman–Crippen MR) is 121 cm³/mol. The largest absolute Gasteiger partial charge is 0.379 e. The summed E-state index contributed by atoms with van der Waals surface area (Å²) >= 11 is 0. The molecule has 2 aliphatic heterocycles. The molecule has 0 bridgehead atoms. The zero-order chi connectivity index (χ0) is 21.3. The average Bonchev–Trinajstić information content (AvgIpc) is 2.72. The van der Waals surface area contributed by atoms with Gasteiger partial charge in [-0.2, -0.15) is 0 Å². The summed E-state index contributed by atoms with van der Waals surface area (Å²) in [5.74, 6) is 2.16. The van der Waals surface area contributed by atoms with Gasteiger partial charge in [-0.1, -0.05) is 20.3 Å². The van der Waals surface area contributed by atoms with Crippen LogP contribution in [0.3, 0.4) is 0 Å². The third-order valence-electron chi connectivity index (χ3n) is 6.85. The highest BCUT2D eigenvalue weighted by Gasteiger charge is 2.31. The normalized spacial score (nSPS) is 23.3. The maximum Gasteiger partial charge on any atom is 0.225 e. The quantitative estimate of drug-likeness (QED) is 0.437. The van der Waals surface area contributed by atoms with E-state index in [4.69, 9.17) is 4.74 Å². The number of carbonyl (C=O) groups is 1. The molecule has 0 spiro atoms. The van der Waals surface area contributed by atoms with E-state index in [9.17, 15) is 4.79 Å². The van der Waals surface area contributed by atoms with Crippen LogP contribution in [0.5, 0.6) is 0 Å². The van der Waals surface area contributed by atoms with Gasteiger partial charge >= 0.3 is 0 Å². The third kappa shape index (κ3) is 6.56. The number of hydrogen-bond donors (Lipinski definition) is 2. The number of aliphatic imine (C=N–C) groups is 1. The molecule has 1 atom stereocenters. The van der Waals surface area contributed by atoms with Gasteiger partial charge in [0.15, 0.2) is 5.96 Å². The molecule has 0 aromatic heterocycles. The lowest BCUT2D eigenvalue weighted by Crippen LogP contribution is -2.54. The molecule has 1 unspecified atom stereocenters. The number of nitrogens with one attached hydrogen (secondary N) is 2. The van der Waals surface area contributed by atoms with Gasteiger partial charge in [0.25, 0.3) is 0 Å². The van der Waals surface area contributed by atoms with E-state index < -0.39 is 0 Å². The summed E-state index contributed by atoms with van der Waals surface area (Å²) < 4.78 is 5.50. The van der Waals surface area contributed by atoms with E-state index in [1.54, 1.807) is 0 Å². The summed E-state index contributed by atoms with van der Waals surface area (Å²) in [4.78, 5) is 23.8. The van der Waals surface area contributed by atoms with Crippen LogP contribution in [0.15, 0.2) is 4.99 Å². The molecule has 3 rings (SSSR count). The molecule has 8 nitrogen and oxygen atoms in total. The highest BCUT2D eigenvalue weighted by molar-refractivity contribution is 5.80. The molecule has 172 valence electrons. The number of carbonyl (C=O) groups excluding carboxylic acids is 1. The minimum Gasteiger partial charge on any atom is -0.379 e. The van der Waals surface area contributed by atoms with E-state index in [2.05, 4.69) is 44.2 Å². The number of amides is 1. The van der Waals surface area contributed by atoms with Crippen LogP contribution >= 0.6 is 0 Å². The van der Waals surface area contributed by atoms with Crippen molar-refractivity contribution in [2.75, 3.05) is 79.2 Å². The topological polar surface area (TPSA) is 72.4 Å². The van der Waals surface area contributed by atoms with Gasteiger partial charge in [0.1, 0.15) is 0 Å². The van der Waals surface area contributed by atoms with Crippen molar-refractivity contribution in [3.8, 4) is 0 Å². The van der Waals surface area contributed by atoms with Crippen molar-refractivity contribution in [1.82, 2.24) is 25.3 Å². The summed E-state index contributed by atoms with van der Waals surface area (Å²) in [5.41, 5.74) is 0. The number of hydrogen-bond acceptors (Lipinski definition) is 5. The molecular formula is C22H42N6O2. The Kier molecular flexibility index (Phi) is 9.21. The number of guanidine groups is 1. The minimum atomic E-state index is 0.319. The van der Waals surface area contributed by atoms with Crippen molar-refractivity contribution in [2.24, 2.45) is 16.8 Å². The molecule has 2 heterocycles. The van der Waals surface area contributed by atoms with E-state index in [0.717, 1.165) is 90.9 Å². The molecule has 8 heteroatoms. The maximum absolute atomic E-state index is 12.4. The molecule has 2 N–H and O–H groups in total. The van der Waals surface area contributed by atoms with Crippen molar-refractivity contribution in [2.45, 2.75) is 39.2 Å². The van der Waals surface area contributed by atoms with E-state index in [1.165, 1.54) is 6.42 Å². The Bertz CT molecular complexity index is 552. The van der Waals surface area contributed by atoms with Crippen LogP contribution in [0.25, 0.3) is 0 Å². The van der Waals surface area contributed by atoms with Crippen LogP contribution in [0.2, 0.25) is 0 Å². The molecule has 3 aliphatic rings. The lowest BCUT2D eigenvalue weighted by Gasteiger charge is -2.38. The molecule has 0 radical (unpaired) electrons. The van der Waals surface area contributed by atoms with Gasteiger partial charge < -0.3 is 20.3 Å². The van der Waals surface area contributed by atoms with E-state index in [0.29, 0.717) is 23.8 Å². The summed E-state index contributed by atoms with van der Waals surface area (Å²) in [5, 5.41) is 6.98. The predicted octanol–water partition coefficient (Wildman–Crippen LogP) is 0.453. The molecule has 1 amide bonds. The number of piperazine rings is 1. The summed E-state index contributed by atoms with van der Waals surface area (Å²) in [6, 6.07) is 0.480. The van der Waals surface area contributed by atoms with Crippen molar-refractivity contribution in [3.05, 3.63) is 0 Å². The summed E-state index contributed by atoms with van der Waals surface area (Å²) in [7, 11) is 1.83. The third-order valence-corrected chi connectivity index (χ3v) is 6.85. The average molecular weight is 423 g/mol. The Morgan fingerprint density at radius 1 is 1.07 bits per heavy atom. The van der Waals surface area contributed by atoms with E-state index >= 15 is 0 Å². The molecular weight excluding hydrogens is 380 g/mol. The molecule has 2 saturated heterocycles. The van der Waals surface area contributed by atoms with Crippen LogP contribution < -0.4 is 10.6 Å². The second-order valence-electron chi connectivity index (χ2n) is 9.13. The van der Waals surface area contributed by atoms with Crippen molar-refractivity contribution in [3.63, 3.8) is 0 Å². The maximum atomic E-state index is 12.4. The van der Waals surface area contributed by atoms with Crippen LogP contribution in [-0.4, -0.2) is 112 Å². The first-order valence-electron chi connectivity index (χ1n) is 11.9. The zero-order valence-electron chi connectivity index (χ0n) is 19.2. The lowest BCUT2D eigenvalue weighted by molar-refractivity contribution is -0.139. The number of nitrogens with zero attached hydrogens (tertiary/aromatic N) is 4. The van der Waals surface area contributed by atoms with Crippen LogP contribution in [0.4, 0.5) is 0 Å². The van der Waals surface area contributed by atoms with Gasteiger partial charge in [-0.05, 0) is 18.8 Å². The summed E-state index contributed by atoms with van der Waals surface area (Å²) in [6.07, 6.45) is 3.42. The first-order valence-corrected chi connectivity index (χ1v) is 11.9. The van der Waals surface area contributed by atoms with Crippen LogP contribution in [0, 0.1) is 11.8 Å². The fraction of sp³-hybridized carbons (Fsp3) is 0.909. The van der Waals surface area contributed by atoms with Crippen molar-refractivity contribution < 1.29 is 9.53 Å². The molecule has 3 fully saturated rings. The van der Waals surface area contributed by atoms with Crippen molar-refractivity contribution in [1.29, 1.82) is 0 Å². The number of morpholine rings is 1. The number of ether oxygens (including phenoxy) is 1. The molecule has 30 heavy (non-hydrogen) atoms. The van der Waals surface area contributed by atoms with Gasteiger partial charge in [-0.3, -0.25) is 19.6 Å². The Hall–Kier alpha value is -1.38. The highest BCUT2D eigenvalue weighted by Crippen LogP contribution is 2.28. The molecule has 0 aromatic rings. The minimum absolute atomic E-state index is 0.319. The van der Waals surface area contributed by atoms with Gasteiger partial charge in [-0.25, -0.2) is 0 Å². The fourth-order valence-electron chi connectivity index (χ4n) is 4.56. The lowest BCUT2D eigenvalue weighted by atomic mass is 9.84. The van der Waals surface area contributed by atoms with Gasteiger partial charge in [0.05, 0.1) is 13.2 Å². The fourth-order valence-corrected chi connectivity index (χ4v) is 4.56. The van der Waals surface area contributed by atoms with Gasteiger partial charge in [0, 0.05) is 77.9 Å². The first-order chi connectivity index (χ1) is 14.6.